The van der Waals surface area contributed by atoms with Crippen LogP contribution < -0.4 is 10.6 Å². The number of rotatable bonds is 6. The maximum Gasteiger partial charge on any atom is 0.319 e. The van der Waals surface area contributed by atoms with Gasteiger partial charge >= 0.3 is 6.03 Å². The molecular formula is C20H24FN3OS. The summed E-state index contributed by atoms with van der Waals surface area (Å²) >= 11 is 1.98. The third kappa shape index (κ3) is 5.47. The lowest BCUT2D eigenvalue weighted by Gasteiger charge is -2.27. The Bertz CT molecular complexity index is 735. The van der Waals surface area contributed by atoms with Gasteiger partial charge in [0, 0.05) is 43.4 Å². The summed E-state index contributed by atoms with van der Waals surface area (Å²) < 4.78 is 13.6. The zero-order valence-electron chi connectivity index (χ0n) is 14.7. The van der Waals surface area contributed by atoms with Crippen LogP contribution in [-0.2, 0) is 13.0 Å². The number of amides is 2. The van der Waals surface area contributed by atoms with E-state index in [1.807, 2.05) is 30.0 Å². The summed E-state index contributed by atoms with van der Waals surface area (Å²) in [5.41, 5.74) is 2.55. The highest BCUT2D eigenvalue weighted by Crippen LogP contribution is 2.19. The molecule has 0 saturated carbocycles. The molecule has 6 heteroatoms. The van der Waals surface area contributed by atoms with Crippen LogP contribution in [0.25, 0.3) is 0 Å². The molecule has 0 radical (unpaired) electrons. The number of thioether (sulfide) groups is 1. The number of para-hydroxylation sites is 1. The van der Waals surface area contributed by atoms with Gasteiger partial charge in [-0.2, -0.15) is 11.8 Å². The largest absolute Gasteiger partial charge is 0.338 e. The van der Waals surface area contributed by atoms with E-state index in [0.717, 1.165) is 42.4 Å². The molecule has 0 aromatic heterocycles. The second kappa shape index (κ2) is 9.59. The van der Waals surface area contributed by atoms with E-state index in [2.05, 4.69) is 21.6 Å². The highest BCUT2D eigenvalue weighted by molar-refractivity contribution is 7.99. The summed E-state index contributed by atoms with van der Waals surface area (Å²) in [7, 11) is 0. The Morgan fingerprint density at radius 1 is 1.04 bits per heavy atom. The van der Waals surface area contributed by atoms with Crippen LogP contribution in [0, 0.1) is 5.82 Å². The second-order valence-corrected chi connectivity index (χ2v) is 7.49. The Labute approximate surface area is 158 Å². The zero-order valence-corrected chi connectivity index (χ0v) is 15.5. The van der Waals surface area contributed by atoms with Crippen molar-refractivity contribution in [2.24, 2.45) is 0 Å². The van der Waals surface area contributed by atoms with E-state index in [4.69, 9.17) is 0 Å². The van der Waals surface area contributed by atoms with Crippen molar-refractivity contribution in [3.05, 3.63) is 65.5 Å². The van der Waals surface area contributed by atoms with Crippen molar-refractivity contribution in [1.82, 2.24) is 10.2 Å². The number of anilines is 1. The number of urea groups is 1. The van der Waals surface area contributed by atoms with Crippen LogP contribution in [0.4, 0.5) is 14.9 Å². The average Bonchev–Trinajstić information content (AvgIpc) is 2.66. The van der Waals surface area contributed by atoms with E-state index in [1.165, 1.54) is 6.07 Å². The first-order chi connectivity index (χ1) is 12.7. The minimum atomic E-state index is -0.261. The molecule has 0 atom stereocenters. The molecule has 1 aliphatic rings. The normalized spacial score (nSPS) is 14.8. The van der Waals surface area contributed by atoms with Crippen molar-refractivity contribution in [2.75, 3.05) is 36.5 Å². The molecule has 0 unspecified atom stereocenters. The molecule has 1 heterocycles. The monoisotopic (exact) mass is 373 g/mol. The van der Waals surface area contributed by atoms with E-state index in [0.29, 0.717) is 18.5 Å². The molecule has 1 fully saturated rings. The number of carbonyl (C=O) groups is 1. The van der Waals surface area contributed by atoms with Crippen LogP contribution in [0.1, 0.15) is 11.1 Å². The molecule has 2 aromatic carbocycles. The van der Waals surface area contributed by atoms with E-state index in [1.54, 1.807) is 18.2 Å². The number of nitrogens with one attached hydrogen (secondary N) is 2. The molecule has 2 amide bonds. The van der Waals surface area contributed by atoms with Gasteiger partial charge in [-0.05, 0) is 29.7 Å². The third-order valence-electron chi connectivity index (χ3n) is 4.40. The van der Waals surface area contributed by atoms with E-state index < -0.39 is 0 Å². The number of hydrogen-bond donors (Lipinski definition) is 2. The molecule has 0 bridgehead atoms. The van der Waals surface area contributed by atoms with Gasteiger partial charge in [-0.3, -0.25) is 4.90 Å². The Morgan fingerprint density at radius 3 is 2.50 bits per heavy atom. The van der Waals surface area contributed by atoms with Crippen LogP contribution >= 0.6 is 11.8 Å². The van der Waals surface area contributed by atoms with Crippen LogP contribution in [-0.4, -0.2) is 42.1 Å². The summed E-state index contributed by atoms with van der Waals surface area (Å²) in [6, 6.07) is 14.3. The lowest BCUT2D eigenvalue weighted by molar-refractivity contribution is 0.252. The van der Waals surface area contributed by atoms with Gasteiger partial charge < -0.3 is 10.6 Å². The lowest BCUT2D eigenvalue weighted by Crippen LogP contribution is -2.33. The predicted octanol–water partition coefficient (Wildman–Crippen LogP) is 3.74. The van der Waals surface area contributed by atoms with Crippen LogP contribution in [0.2, 0.25) is 0 Å². The van der Waals surface area contributed by atoms with Crippen molar-refractivity contribution in [3.63, 3.8) is 0 Å². The van der Waals surface area contributed by atoms with Crippen LogP contribution in [0.5, 0.6) is 0 Å². The fraction of sp³-hybridized carbons (Fsp3) is 0.350. The van der Waals surface area contributed by atoms with Crippen molar-refractivity contribution < 1.29 is 9.18 Å². The predicted molar refractivity (Wildman–Crippen MR) is 106 cm³/mol. The minimum absolute atomic E-state index is 0.236. The third-order valence-corrected chi connectivity index (χ3v) is 5.34. The smallest absolute Gasteiger partial charge is 0.319 e. The van der Waals surface area contributed by atoms with Crippen molar-refractivity contribution in [2.45, 2.75) is 13.0 Å². The van der Waals surface area contributed by atoms with Crippen LogP contribution in [0.15, 0.2) is 48.5 Å². The Morgan fingerprint density at radius 2 is 1.73 bits per heavy atom. The molecule has 4 nitrogen and oxygen atoms in total. The second-order valence-electron chi connectivity index (χ2n) is 6.27. The van der Waals surface area contributed by atoms with Gasteiger partial charge in [-0.25, -0.2) is 9.18 Å². The maximum absolute atomic E-state index is 13.6. The van der Waals surface area contributed by atoms with Crippen molar-refractivity contribution in [1.29, 1.82) is 0 Å². The fourth-order valence-corrected chi connectivity index (χ4v) is 3.94. The molecule has 26 heavy (non-hydrogen) atoms. The number of benzene rings is 2. The molecule has 138 valence electrons. The van der Waals surface area contributed by atoms with Gasteiger partial charge in [-0.1, -0.05) is 36.4 Å². The molecular weight excluding hydrogens is 349 g/mol. The first kappa shape index (κ1) is 18.7. The summed E-state index contributed by atoms with van der Waals surface area (Å²) in [6.45, 7) is 3.38. The average molecular weight is 373 g/mol. The maximum atomic E-state index is 13.6. The van der Waals surface area contributed by atoms with Gasteiger partial charge in [0.1, 0.15) is 5.82 Å². The molecule has 1 saturated heterocycles. The Balaban J connectivity index is 1.51. The fourth-order valence-electron chi connectivity index (χ4n) is 2.96. The number of hydrogen-bond acceptors (Lipinski definition) is 3. The summed E-state index contributed by atoms with van der Waals surface area (Å²) in [5.74, 6) is 2.08. The van der Waals surface area contributed by atoms with Gasteiger partial charge in [0.15, 0.2) is 0 Å². The van der Waals surface area contributed by atoms with Crippen LogP contribution in [0.3, 0.4) is 0 Å². The highest BCUT2D eigenvalue weighted by Gasteiger charge is 2.13. The van der Waals surface area contributed by atoms with Gasteiger partial charge in [-0.15, -0.1) is 0 Å². The lowest BCUT2D eigenvalue weighted by atomic mass is 10.1. The molecule has 0 aliphatic carbocycles. The van der Waals surface area contributed by atoms with Crippen molar-refractivity contribution >= 4 is 23.5 Å². The number of nitrogens with zero attached hydrogens (tertiary/aromatic N) is 1. The minimum Gasteiger partial charge on any atom is -0.338 e. The quantitative estimate of drug-likeness (QED) is 0.811. The van der Waals surface area contributed by atoms with E-state index in [9.17, 15) is 9.18 Å². The molecule has 3 rings (SSSR count). The van der Waals surface area contributed by atoms with E-state index >= 15 is 0 Å². The SMILES string of the molecule is O=C(NCCc1ccccc1F)Nc1ccccc1CN1CCSCC1. The van der Waals surface area contributed by atoms with Gasteiger partial charge in [0.25, 0.3) is 0 Å². The standard InChI is InChI=1S/C20H24FN3OS/c21-18-7-3-1-5-16(18)9-10-22-20(25)23-19-8-4-2-6-17(19)15-24-11-13-26-14-12-24/h1-8H,9-15H2,(H2,22,23,25). The summed E-state index contributed by atoms with van der Waals surface area (Å²) in [4.78, 5) is 14.6. The van der Waals surface area contributed by atoms with E-state index in [-0.39, 0.29) is 11.8 Å². The number of carbonyl (C=O) groups excluding carboxylic acids is 1. The molecule has 2 N–H and O–H groups in total. The highest BCUT2D eigenvalue weighted by atomic mass is 32.2. The molecule has 1 aliphatic heterocycles. The van der Waals surface area contributed by atoms with Crippen molar-refractivity contribution in [3.8, 4) is 0 Å². The first-order valence-corrected chi connectivity index (χ1v) is 10.0. The number of halogens is 1. The molecule has 2 aromatic rings. The molecule has 0 spiro atoms. The Hall–Kier alpha value is -2.05. The van der Waals surface area contributed by atoms with Gasteiger partial charge in [0.05, 0.1) is 0 Å². The Kier molecular flexibility index (Phi) is 6.91. The topological polar surface area (TPSA) is 44.4 Å². The van der Waals surface area contributed by atoms with Gasteiger partial charge in [0.2, 0.25) is 0 Å². The summed E-state index contributed by atoms with van der Waals surface area (Å²) in [5, 5.41) is 5.73. The first-order valence-electron chi connectivity index (χ1n) is 8.88. The zero-order chi connectivity index (χ0) is 18.2. The summed E-state index contributed by atoms with van der Waals surface area (Å²) in [6.07, 6.45) is 0.465.